The first kappa shape index (κ1) is 14.9. The Morgan fingerprint density at radius 1 is 1.00 bits per heavy atom. The summed E-state index contributed by atoms with van der Waals surface area (Å²) in [5.74, 6) is 0.271. The van der Waals surface area contributed by atoms with Crippen molar-refractivity contribution in [2.24, 2.45) is 0 Å². The summed E-state index contributed by atoms with van der Waals surface area (Å²) in [4.78, 5) is 16.8. The Labute approximate surface area is 132 Å². The van der Waals surface area contributed by atoms with E-state index < -0.39 is 10.0 Å². The highest BCUT2D eigenvalue weighted by Crippen LogP contribution is 2.33. The minimum atomic E-state index is -3.13. The van der Waals surface area contributed by atoms with E-state index >= 15 is 0 Å². The van der Waals surface area contributed by atoms with E-state index in [1.54, 1.807) is 0 Å². The van der Waals surface area contributed by atoms with Crippen LogP contribution in [0, 0.1) is 0 Å². The fourth-order valence-electron chi connectivity index (χ4n) is 3.87. The Bertz CT molecular complexity index is 556. The lowest BCUT2D eigenvalue weighted by Crippen LogP contribution is -2.53. The zero-order valence-electron chi connectivity index (χ0n) is 12.9. The maximum absolute atomic E-state index is 12.5. The first-order valence-electron chi connectivity index (χ1n) is 8.60. The molecule has 2 atom stereocenters. The van der Waals surface area contributed by atoms with E-state index in [1.807, 2.05) is 4.90 Å². The molecule has 0 bridgehead atoms. The van der Waals surface area contributed by atoms with Crippen LogP contribution in [-0.2, 0) is 14.8 Å². The number of piperidine rings is 1. The van der Waals surface area contributed by atoms with Gasteiger partial charge in [0.1, 0.15) is 0 Å². The van der Waals surface area contributed by atoms with Gasteiger partial charge in [-0.15, -0.1) is 0 Å². The highest BCUT2D eigenvalue weighted by molar-refractivity contribution is 7.90. The first-order chi connectivity index (χ1) is 10.5. The van der Waals surface area contributed by atoms with Crippen molar-refractivity contribution in [2.75, 3.05) is 19.6 Å². The van der Waals surface area contributed by atoms with E-state index in [2.05, 4.69) is 9.62 Å². The topological polar surface area (TPSA) is 69.7 Å². The summed E-state index contributed by atoms with van der Waals surface area (Å²) in [6.45, 7) is 2.47. The van der Waals surface area contributed by atoms with Crippen molar-refractivity contribution < 1.29 is 13.2 Å². The van der Waals surface area contributed by atoms with Crippen molar-refractivity contribution in [3.8, 4) is 0 Å². The van der Waals surface area contributed by atoms with Gasteiger partial charge < -0.3 is 4.90 Å². The number of likely N-dealkylation sites (tertiary alicyclic amines) is 2. The van der Waals surface area contributed by atoms with Crippen LogP contribution in [0.2, 0.25) is 0 Å². The molecule has 2 aliphatic carbocycles. The average molecular weight is 327 g/mol. The summed E-state index contributed by atoms with van der Waals surface area (Å²) in [5.41, 5.74) is 0. The highest BCUT2D eigenvalue weighted by atomic mass is 32.2. The van der Waals surface area contributed by atoms with Crippen LogP contribution >= 0.6 is 0 Å². The number of nitrogens with one attached hydrogen (secondary N) is 1. The summed E-state index contributed by atoms with van der Waals surface area (Å²) in [7, 11) is -3.13. The molecule has 4 fully saturated rings. The fourth-order valence-corrected chi connectivity index (χ4v) is 5.47. The van der Waals surface area contributed by atoms with Crippen molar-refractivity contribution >= 4 is 15.9 Å². The lowest BCUT2D eigenvalue weighted by atomic mass is 10.0. The van der Waals surface area contributed by atoms with Gasteiger partial charge in [-0.1, -0.05) is 0 Å². The summed E-state index contributed by atoms with van der Waals surface area (Å²) < 4.78 is 27.1. The number of sulfonamides is 1. The summed E-state index contributed by atoms with van der Waals surface area (Å²) in [6, 6.07) is 0.447. The summed E-state index contributed by atoms with van der Waals surface area (Å²) >= 11 is 0. The number of hydrogen-bond acceptors (Lipinski definition) is 4. The molecule has 124 valence electrons. The van der Waals surface area contributed by atoms with E-state index in [1.165, 1.54) is 0 Å². The maximum Gasteiger partial charge on any atom is 0.240 e. The van der Waals surface area contributed by atoms with Crippen LogP contribution in [0.3, 0.4) is 0 Å². The van der Waals surface area contributed by atoms with E-state index in [-0.39, 0.29) is 23.2 Å². The van der Waals surface area contributed by atoms with Crippen molar-refractivity contribution in [1.82, 2.24) is 14.5 Å². The number of amides is 1. The minimum absolute atomic E-state index is 0.0196. The van der Waals surface area contributed by atoms with E-state index in [0.717, 1.165) is 58.0 Å². The molecule has 0 aromatic rings. The molecule has 2 unspecified atom stereocenters. The second kappa shape index (κ2) is 5.46. The molecule has 2 heterocycles. The number of hydrogen-bond donors (Lipinski definition) is 1. The second-order valence-electron chi connectivity index (χ2n) is 7.26. The zero-order chi connectivity index (χ0) is 15.3. The molecular formula is C15H25N3O3S. The molecule has 0 spiro atoms. The number of carbonyl (C=O) groups is 1. The van der Waals surface area contributed by atoms with Gasteiger partial charge in [0, 0.05) is 25.2 Å². The van der Waals surface area contributed by atoms with Crippen LogP contribution in [0.1, 0.15) is 44.9 Å². The van der Waals surface area contributed by atoms with Crippen LogP contribution in [-0.4, -0.2) is 67.1 Å². The van der Waals surface area contributed by atoms with Gasteiger partial charge in [-0.25, -0.2) is 13.1 Å². The predicted octanol–water partition coefficient (Wildman–Crippen LogP) is 0.296. The molecule has 0 aromatic carbocycles. The Morgan fingerprint density at radius 2 is 1.77 bits per heavy atom. The second-order valence-corrected chi connectivity index (χ2v) is 9.26. The largest absolute Gasteiger partial charge is 0.338 e. The average Bonchev–Trinajstić information content (AvgIpc) is 3.36. The van der Waals surface area contributed by atoms with Crippen LogP contribution in [0.4, 0.5) is 0 Å². The van der Waals surface area contributed by atoms with Crippen LogP contribution < -0.4 is 4.72 Å². The SMILES string of the molecule is O=C1C(N2CCCC(NS(=O)(=O)C3CC3)C2)CCN1C1CC1. The number of rotatable bonds is 5. The number of carbonyl (C=O) groups excluding carboxylic acids is 1. The summed E-state index contributed by atoms with van der Waals surface area (Å²) in [5, 5.41) is -0.165. The van der Waals surface area contributed by atoms with Crippen molar-refractivity contribution in [2.45, 2.75) is 68.3 Å². The van der Waals surface area contributed by atoms with Gasteiger partial charge in [-0.2, -0.15) is 0 Å². The third-order valence-electron chi connectivity index (χ3n) is 5.39. The molecule has 6 nitrogen and oxygen atoms in total. The molecule has 2 aliphatic heterocycles. The lowest BCUT2D eigenvalue weighted by Gasteiger charge is -2.36. The van der Waals surface area contributed by atoms with Gasteiger partial charge in [0.05, 0.1) is 11.3 Å². The van der Waals surface area contributed by atoms with E-state index in [9.17, 15) is 13.2 Å². The minimum Gasteiger partial charge on any atom is -0.338 e. The van der Waals surface area contributed by atoms with Crippen LogP contribution in [0.15, 0.2) is 0 Å². The fraction of sp³-hybridized carbons (Fsp3) is 0.933. The molecule has 2 saturated carbocycles. The Hall–Kier alpha value is -0.660. The molecule has 4 rings (SSSR count). The van der Waals surface area contributed by atoms with Gasteiger partial charge in [-0.05, 0) is 51.5 Å². The molecule has 4 aliphatic rings. The van der Waals surface area contributed by atoms with Crippen molar-refractivity contribution in [1.29, 1.82) is 0 Å². The van der Waals surface area contributed by atoms with E-state index in [0.29, 0.717) is 12.6 Å². The van der Waals surface area contributed by atoms with Gasteiger partial charge in [0.15, 0.2) is 0 Å². The molecule has 0 radical (unpaired) electrons. The molecule has 1 amide bonds. The zero-order valence-corrected chi connectivity index (χ0v) is 13.7. The monoisotopic (exact) mass is 327 g/mol. The van der Waals surface area contributed by atoms with Crippen molar-refractivity contribution in [3.05, 3.63) is 0 Å². The third kappa shape index (κ3) is 2.90. The first-order valence-corrected chi connectivity index (χ1v) is 10.1. The molecule has 7 heteroatoms. The molecule has 1 N–H and O–H groups in total. The standard InChI is InChI=1S/C15H25N3O3S/c19-15-14(7-9-18(15)12-3-4-12)17-8-1-2-11(10-17)16-22(20,21)13-5-6-13/h11-14,16H,1-10H2. The van der Waals surface area contributed by atoms with Gasteiger partial charge in [0.2, 0.25) is 15.9 Å². The van der Waals surface area contributed by atoms with E-state index in [4.69, 9.17) is 0 Å². The lowest BCUT2D eigenvalue weighted by molar-refractivity contribution is -0.133. The summed E-state index contributed by atoms with van der Waals surface area (Å²) in [6.07, 6.45) is 6.65. The molecule has 22 heavy (non-hydrogen) atoms. The van der Waals surface area contributed by atoms with Gasteiger partial charge in [-0.3, -0.25) is 9.69 Å². The molecule has 0 aromatic heterocycles. The van der Waals surface area contributed by atoms with Gasteiger partial charge in [0.25, 0.3) is 0 Å². The Morgan fingerprint density at radius 3 is 2.45 bits per heavy atom. The van der Waals surface area contributed by atoms with Gasteiger partial charge >= 0.3 is 0 Å². The maximum atomic E-state index is 12.5. The third-order valence-corrected chi connectivity index (χ3v) is 7.40. The Kier molecular flexibility index (Phi) is 3.70. The Balaban J connectivity index is 1.37. The molecule has 2 saturated heterocycles. The van der Waals surface area contributed by atoms with Crippen LogP contribution in [0.5, 0.6) is 0 Å². The number of nitrogens with zero attached hydrogens (tertiary/aromatic N) is 2. The van der Waals surface area contributed by atoms with Crippen LogP contribution in [0.25, 0.3) is 0 Å². The highest BCUT2D eigenvalue weighted by Gasteiger charge is 2.44. The smallest absolute Gasteiger partial charge is 0.240 e. The molecular weight excluding hydrogens is 302 g/mol. The van der Waals surface area contributed by atoms with Crippen molar-refractivity contribution in [3.63, 3.8) is 0 Å². The quantitative estimate of drug-likeness (QED) is 0.788. The normalized spacial score (nSPS) is 34.4. The predicted molar refractivity (Wildman–Crippen MR) is 82.8 cm³/mol.